The van der Waals surface area contributed by atoms with Crippen molar-refractivity contribution in [1.82, 2.24) is 4.90 Å². The lowest BCUT2D eigenvalue weighted by molar-refractivity contribution is 0.0868. The van der Waals surface area contributed by atoms with Crippen LogP contribution in [-0.2, 0) is 6.54 Å². The van der Waals surface area contributed by atoms with Crippen LogP contribution in [0.2, 0.25) is 0 Å². The lowest BCUT2D eigenvalue weighted by Crippen LogP contribution is -2.33. The number of carbonyl (C=O) groups is 1. The Labute approximate surface area is 163 Å². The molecule has 0 unspecified atom stereocenters. The van der Waals surface area contributed by atoms with Crippen LogP contribution >= 0.6 is 0 Å². The molecule has 6 nitrogen and oxygen atoms in total. The normalized spacial score (nSPS) is 19.6. The van der Waals surface area contributed by atoms with E-state index in [2.05, 4.69) is 4.90 Å². The van der Waals surface area contributed by atoms with Crippen LogP contribution in [0.15, 0.2) is 36.1 Å². The molecule has 0 aromatic heterocycles. The van der Waals surface area contributed by atoms with Gasteiger partial charge in [-0.1, -0.05) is 12.1 Å². The number of ketones is 1. The van der Waals surface area contributed by atoms with E-state index in [0.717, 1.165) is 23.4 Å². The molecule has 1 saturated carbocycles. The van der Waals surface area contributed by atoms with Crippen LogP contribution < -0.4 is 18.9 Å². The molecule has 2 aliphatic heterocycles. The summed E-state index contributed by atoms with van der Waals surface area (Å²) < 4.78 is 22.8. The van der Waals surface area contributed by atoms with E-state index in [4.69, 9.17) is 18.9 Å². The zero-order valence-electron chi connectivity index (χ0n) is 15.9. The minimum absolute atomic E-state index is 0.133. The fourth-order valence-corrected chi connectivity index (χ4v) is 3.82. The Balaban J connectivity index is 1.52. The average molecular weight is 379 g/mol. The molecule has 6 heteroatoms. The smallest absolute Gasteiger partial charge is 0.231 e. The third-order valence-corrected chi connectivity index (χ3v) is 5.43. The molecule has 0 spiro atoms. The van der Waals surface area contributed by atoms with Crippen molar-refractivity contribution in [3.63, 3.8) is 0 Å². The molecule has 0 amide bonds. The summed E-state index contributed by atoms with van der Waals surface area (Å²) in [6.07, 6.45) is 4.11. The summed E-state index contributed by atoms with van der Waals surface area (Å²) in [7, 11) is 3.16. The summed E-state index contributed by atoms with van der Waals surface area (Å²) in [5, 5.41) is 0. The Kier molecular flexibility index (Phi) is 4.02. The quantitative estimate of drug-likeness (QED) is 0.756. The number of fused-ring (bicyclic) bond motifs is 3. The van der Waals surface area contributed by atoms with Gasteiger partial charge in [-0.3, -0.25) is 9.69 Å². The fraction of sp³-hybridized carbons (Fsp3) is 0.318. The van der Waals surface area contributed by atoms with Gasteiger partial charge < -0.3 is 18.9 Å². The summed E-state index contributed by atoms with van der Waals surface area (Å²) in [4.78, 5) is 15.2. The number of nitrogens with zero attached hydrogens (tertiary/aromatic N) is 1. The molecule has 5 rings (SSSR count). The zero-order chi connectivity index (χ0) is 19.3. The first-order chi connectivity index (χ1) is 13.7. The van der Waals surface area contributed by atoms with Crippen LogP contribution in [0.1, 0.15) is 34.3 Å². The number of ether oxygens (including phenoxy) is 4. The maximum absolute atomic E-state index is 12.9. The van der Waals surface area contributed by atoms with E-state index in [0.29, 0.717) is 35.6 Å². The highest BCUT2D eigenvalue weighted by Crippen LogP contribution is 2.44. The van der Waals surface area contributed by atoms with Crippen molar-refractivity contribution in [3.05, 3.63) is 52.8 Å². The standard InChI is InChI=1S/C22H21NO5/c1-25-18-5-3-4-13(21(18)26-2)10-19-20(24)15-8-9-17-16(22(15)28-19)11-23(12-27-17)14-6-7-14/h3-5,8-10,14H,6-7,11-12H2,1-2H3/b19-10-. The van der Waals surface area contributed by atoms with E-state index >= 15 is 0 Å². The molecule has 3 aliphatic rings. The van der Waals surface area contributed by atoms with Crippen LogP contribution in [0.25, 0.3) is 6.08 Å². The second-order valence-corrected chi connectivity index (χ2v) is 7.19. The van der Waals surface area contributed by atoms with Crippen LogP contribution in [0.3, 0.4) is 0 Å². The minimum Gasteiger partial charge on any atom is -0.493 e. The third kappa shape index (κ3) is 2.72. The maximum Gasteiger partial charge on any atom is 0.231 e. The molecule has 0 saturated heterocycles. The number of benzene rings is 2. The van der Waals surface area contributed by atoms with Crippen molar-refractivity contribution < 1.29 is 23.7 Å². The maximum atomic E-state index is 12.9. The number of rotatable bonds is 4. The average Bonchev–Trinajstić information content (AvgIpc) is 3.53. The molecule has 0 radical (unpaired) electrons. The van der Waals surface area contributed by atoms with Crippen molar-refractivity contribution in [2.75, 3.05) is 21.0 Å². The molecule has 0 bridgehead atoms. The molecular formula is C22H21NO5. The number of carbonyl (C=O) groups excluding carboxylic acids is 1. The first kappa shape index (κ1) is 17.1. The number of methoxy groups -OCH3 is 2. The Bertz CT molecular complexity index is 993. The first-order valence-electron chi connectivity index (χ1n) is 9.37. The molecule has 1 aliphatic carbocycles. The molecule has 144 valence electrons. The molecule has 2 heterocycles. The predicted octanol–water partition coefficient (Wildman–Crippen LogP) is 3.63. The van der Waals surface area contributed by atoms with Gasteiger partial charge in [0.05, 0.1) is 25.3 Å². The molecule has 0 N–H and O–H groups in total. The van der Waals surface area contributed by atoms with Crippen molar-refractivity contribution in [2.24, 2.45) is 0 Å². The van der Waals surface area contributed by atoms with Crippen LogP contribution in [0.5, 0.6) is 23.0 Å². The molecule has 2 aromatic carbocycles. The van der Waals surface area contributed by atoms with Gasteiger partial charge in [0.1, 0.15) is 18.2 Å². The second kappa shape index (κ2) is 6.56. The van der Waals surface area contributed by atoms with E-state index in [1.54, 1.807) is 26.4 Å². The van der Waals surface area contributed by atoms with E-state index < -0.39 is 0 Å². The van der Waals surface area contributed by atoms with Gasteiger partial charge in [0, 0.05) is 18.2 Å². The highest BCUT2D eigenvalue weighted by molar-refractivity contribution is 6.15. The first-order valence-corrected chi connectivity index (χ1v) is 9.37. The van der Waals surface area contributed by atoms with Crippen molar-refractivity contribution >= 4 is 11.9 Å². The SMILES string of the molecule is COc1cccc(/C=C2\Oc3c(ccc4c3CN(C3CC3)CO4)C2=O)c1OC. The number of hydrogen-bond acceptors (Lipinski definition) is 6. The Morgan fingerprint density at radius 3 is 2.75 bits per heavy atom. The van der Waals surface area contributed by atoms with E-state index in [1.165, 1.54) is 12.8 Å². The van der Waals surface area contributed by atoms with Gasteiger partial charge >= 0.3 is 0 Å². The summed E-state index contributed by atoms with van der Waals surface area (Å²) in [5.41, 5.74) is 2.25. The highest BCUT2D eigenvalue weighted by Gasteiger charge is 2.37. The summed E-state index contributed by atoms with van der Waals surface area (Å²) >= 11 is 0. The molecule has 2 aromatic rings. The lowest BCUT2D eigenvalue weighted by atomic mass is 10.0. The van der Waals surface area contributed by atoms with Crippen LogP contribution in [0.4, 0.5) is 0 Å². The lowest BCUT2D eigenvalue weighted by Gasteiger charge is -2.29. The van der Waals surface area contributed by atoms with Gasteiger partial charge in [-0.2, -0.15) is 0 Å². The minimum atomic E-state index is -0.133. The van der Waals surface area contributed by atoms with Crippen LogP contribution in [-0.4, -0.2) is 37.7 Å². The summed E-state index contributed by atoms with van der Waals surface area (Å²) in [6.45, 7) is 1.33. The van der Waals surface area contributed by atoms with Gasteiger partial charge in [-0.05, 0) is 37.1 Å². The number of allylic oxidation sites excluding steroid dienone is 1. The van der Waals surface area contributed by atoms with Crippen molar-refractivity contribution in [2.45, 2.75) is 25.4 Å². The molecular weight excluding hydrogens is 358 g/mol. The van der Waals surface area contributed by atoms with E-state index in [-0.39, 0.29) is 11.5 Å². The molecule has 28 heavy (non-hydrogen) atoms. The molecule has 1 fully saturated rings. The Morgan fingerprint density at radius 2 is 2.00 bits per heavy atom. The fourth-order valence-electron chi connectivity index (χ4n) is 3.82. The van der Waals surface area contributed by atoms with Gasteiger partial charge in [0.15, 0.2) is 17.3 Å². The third-order valence-electron chi connectivity index (χ3n) is 5.43. The number of Topliss-reactive ketones (excluding diaryl/α,β-unsaturated/α-hetero) is 1. The highest BCUT2D eigenvalue weighted by atomic mass is 16.5. The number of para-hydroxylation sites is 1. The van der Waals surface area contributed by atoms with Gasteiger partial charge in [0.25, 0.3) is 0 Å². The van der Waals surface area contributed by atoms with Crippen molar-refractivity contribution in [1.29, 1.82) is 0 Å². The van der Waals surface area contributed by atoms with Crippen LogP contribution in [0, 0.1) is 0 Å². The predicted molar refractivity (Wildman–Crippen MR) is 103 cm³/mol. The van der Waals surface area contributed by atoms with E-state index in [9.17, 15) is 4.79 Å². The summed E-state index contributed by atoms with van der Waals surface area (Å²) in [5.74, 6) is 2.72. The zero-order valence-corrected chi connectivity index (χ0v) is 15.9. The Morgan fingerprint density at radius 1 is 1.14 bits per heavy atom. The largest absolute Gasteiger partial charge is 0.493 e. The summed E-state index contributed by atoms with van der Waals surface area (Å²) in [6, 6.07) is 9.76. The van der Waals surface area contributed by atoms with Gasteiger partial charge in [-0.25, -0.2) is 0 Å². The van der Waals surface area contributed by atoms with Crippen molar-refractivity contribution in [3.8, 4) is 23.0 Å². The van der Waals surface area contributed by atoms with Gasteiger partial charge in [-0.15, -0.1) is 0 Å². The number of hydrogen-bond donors (Lipinski definition) is 0. The van der Waals surface area contributed by atoms with E-state index in [1.807, 2.05) is 24.3 Å². The Hall–Kier alpha value is -2.99. The molecule has 0 atom stereocenters. The monoisotopic (exact) mass is 379 g/mol. The topological polar surface area (TPSA) is 57.2 Å². The van der Waals surface area contributed by atoms with Gasteiger partial charge in [0.2, 0.25) is 5.78 Å². The second-order valence-electron chi connectivity index (χ2n) is 7.19.